The minimum Gasteiger partial charge on any atom is -0.481 e. The Labute approximate surface area is 86.6 Å². The average Bonchev–Trinajstić information content (AvgIpc) is 2.51. The summed E-state index contributed by atoms with van der Waals surface area (Å²) in [6.07, 6.45) is 0.0653. The van der Waals surface area contributed by atoms with Gasteiger partial charge in [0.05, 0.1) is 6.61 Å². The average molecular weight is 215 g/mol. The molecule has 2 atom stereocenters. The van der Waals surface area contributed by atoms with Crippen molar-refractivity contribution in [2.75, 3.05) is 13.2 Å². The van der Waals surface area contributed by atoms with Crippen LogP contribution in [0.15, 0.2) is 0 Å². The van der Waals surface area contributed by atoms with Crippen molar-refractivity contribution in [3.63, 3.8) is 0 Å². The summed E-state index contributed by atoms with van der Waals surface area (Å²) in [7, 11) is 0. The van der Waals surface area contributed by atoms with E-state index in [2.05, 4.69) is 10.1 Å². The van der Waals surface area contributed by atoms with Gasteiger partial charge in [0.15, 0.2) is 5.92 Å². The summed E-state index contributed by atoms with van der Waals surface area (Å²) in [5.41, 5.74) is 0. The summed E-state index contributed by atoms with van der Waals surface area (Å²) in [5, 5.41) is 11.4. The largest absolute Gasteiger partial charge is 0.481 e. The molecule has 0 aromatic rings. The van der Waals surface area contributed by atoms with Gasteiger partial charge in [-0.2, -0.15) is 0 Å². The van der Waals surface area contributed by atoms with E-state index >= 15 is 0 Å². The Morgan fingerprint density at radius 1 is 1.67 bits per heavy atom. The fourth-order valence-corrected chi connectivity index (χ4v) is 1.59. The lowest BCUT2D eigenvalue weighted by Crippen LogP contribution is -2.34. The van der Waals surface area contributed by atoms with Crippen molar-refractivity contribution in [3.8, 4) is 0 Å². The first-order chi connectivity index (χ1) is 7.06. The van der Waals surface area contributed by atoms with Gasteiger partial charge in [0, 0.05) is 18.9 Å². The number of hydrogen-bond acceptors (Lipinski definition) is 4. The Morgan fingerprint density at radius 2 is 2.33 bits per heavy atom. The lowest BCUT2D eigenvalue weighted by atomic mass is 9.91. The fraction of sp³-hybridized carbons (Fsp3) is 0.667. The van der Waals surface area contributed by atoms with Gasteiger partial charge < -0.3 is 15.2 Å². The molecule has 1 amide bonds. The maximum atomic E-state index is 11.3. The van der Waals surface area contributed by atoms with Gasteiger partial charge in [-0.3, -0.25) is 14.4 Å². The van der Waals surface area contributed by atoms with Crippen molar-refractivity contribution in [1.82, 2.24) is 5.32 Å². The predicted octanol–water partition coefficient (Wildman–Crippen LogP) is -0.614. The van der Waals surface area contributed by atoms with E-state index in [0.29, 0.717) is 0 Å². The maximum Gasteiger partial charge on any atom is 0.320 e. The van der Waals surface area contributed by atoms with E-state index in [0.717, 1.165) is 0 Å². The Kier molecular flexibility index (Phi) is 3.65. The summed E-state index contributed by atoms with van der Waals surface area (Å²) in [4.78, 5) is 33.1. The number of carboxylic acids is 1. The van der Waals surface area contributed by atoms with Crippen molar-refractivity contribution in [2.45, 2.75) is 13.3 Å². The van der Waals surface area contributed by atoms with Crippen LogP contribution in [0.2, 0.25) is 0 Å². The number of carboxylic acid groups (broad SMARTS) is 1. The van der Waals surface area contributed by atoms with Crippen molar-refractivity contribution in [3.05, 3.63) is 0 Å². The third-order valence-electron chi connectivity index (χ3n) is 2.29. The minimum absolute atomic E-state index is 0.0653. The van der Waals surface area contributed by atoms with E-state index in [9.17, 15) is 14.4 Å². The summed E-state index contributed by atoms with van der Waals surface area (Å²) >= 11 is 0. The number of nitrogens with one attached hydrogen (secondary N) is 1. The number of amides is 1. The van der Waals surface area contributed by atoms with Crippen molar-refractivity contribution >= 4 is 17.8 Å². The van der Waals surface area contributed by atoms with Gasteiger partial charge in [0.25, 0.3) is 0 Å². The van der Waals surface area contributed by atoms with Crippen LogP contribution in [0.3, 0.4) is 0 Å². The third-order valence-corrected chi connectivity index (χ3v) is 2.29. The van der Waals surface area contributed by atoms with E-state index in [1.54, 1.807) is 6.92 Å². The molecular formula is C9H13NO5. The molecule has 0 aromatic heterocycles. The molecule has 0 saturated carbocycles. The van der Waals surface area contributed by atoms with E-state index in [4.69, 9.17) is 5.11 Å². The molecule has 6 heteroatoms. The van der Waals surface area contributed by atoms with Crippen molar-refractivity contribution in [2.24, 2.45) is 11.8 Å². The van der Waals surface area contributed by atoms with Crippen LogP contribution in [0.5, 0.6) is 0 Å². The molecule has 0 aliphatic carbocycles. The predicted molar refractivity (Wildman–Crippen MR) is 48.9 cm³/mol. The molecule has 0 bridgehead atoms. The molecule has 84 valence electrons. The molecule has 1 heterocycles. The van der Waals surface area contributed by atoms with Crippen LogP contribution in [-0.4, -0.2) is 36.1 Å². The molecule has 1 rings (SSSR count). The molecule has 1 fully saturated rings. The molecule has 1 saturated heterocycles. The second-order valence-electron chi connectivity index (χ2n) is 3.34. The number of rotatable bonds is 4. The van der Waals surface area contributed by atoms with Gasteiger partial charge in [0.1, 0.15) is 0 Å². The van der Waals surface area contributed by atoms with Gasteiger partial charge in [-0.15, -0.1) is 0 Å². The van der Waals surface area contributed by atoms with Crippen LogP contribution in [0.25, 0.3) is 0 Å². The number of ether oxygens (including phenoxy) is 1. The highest BCUT2D eigenvalue weighted by molar-refractivity contribution is 5.95. The summed E-state index contributed by atoms with van der Waals surface area (Å²) in [6, 6.07) is 0. The molecule has 0 spiro atoms. The number of carbonyl (C=O) groups is 3. The normalized spacial score (nSPS) is 21.9. The molecule has 0 aromatic carbocycles. The molecule has 1 aliphatic rings. The molecular weight excluding hydrogens is 202 g/mol. The zero-order valence-corrected chi connectivity index (χ0v) is 8.36. The Bertz CT molecular complexity index is 288. The standard InChI is InChI=1S/C9H13NO5/c1-2-15-9(14)7(8(12)13)5-3-6(11)10-4-5/h5,7H,2-4H2,1H3,(H,10,11)(H,12,13). The zero-order valence-electron chi connectivity index (χ0n) is 8.36. The quantitative estimate of drug-likeness (QED) is 0.482. The SMILES string of the molecule is CCOC(=O)C(C(=O)O)C1CNC(=O)C1. The van der Waals surface area contributed by atoms with Crippen LogP contribution in [0.4, 0.5) is 0 Å². The summed E-state index contributed by atoms with van der Waals surface area (Å²) in [6.45, 7) is 1.96. The zero-order chi connectivity index (χ0) is 11.4. The van der Waals surface area contributed by atoms with Crippen LogP contribution < -0.4 is 5.32 Å². The van der Waals surface area contributed by atoms with Crippen molar-refractivity contribution < 1.29 is 24.2 Å². The lowest BCUT2D eigenvalue weighted by Gasteiger charge is -2.15. The number of aliphatic carboxylic acids is 1. The highest BCUT2D eigenvalue weighted by atomic mass is 16.5. The molecule has 2 unspecified atom stereocenters. The maximum absolute atomic E-state index is 11.3. The van der Waals surface area contributed by atoms with Crippen LogP contribution in [0.1, 0.15) is 13.3 Å². The monoisotopic (exact) mass is 215 g/mol. The number of carbonyl (C=O) groups excluding carboxylic acids is 2. The highest BCUT2D eigenvalue weighted by Gasteiger charge is 2.40. The molecule has 6 nitrogen and oxygen atoms in total. The Hall–Kier alpha value is -1.59. The molecule has 0 radical (unpaired) electrons. The van der Waals surface area contributed by atoms with Crippen LogP contribution >= 0.6 is 0 Å². The second kappa shape index (κ2) is 4.77. The van der Waals surface area contributed by atoms with E-state index in [-0.39, 0.29) is 25.5 Å². The topological polar surface area (TPSA) is 92.7 Å². The molecule has 1 aliphatic heterocycles. The second-order valence-corrected chi connectivity index (χ2v) is 3.34. The van der Waals surface area contributed by atoms with Crippen LogP contribution in [-0.2, 0) is 19.1 Å². The van der Waals surface area contributed by atoms with E-state index in [1.165, 1.54) is 0 Å². The first kappa shape index (κ1) is 11.5. The van der Waals surface area contributed by atoms with Crippen molar-refractivity contribution in [1.29, 1.82) is 0 Å². The lowest BCUT2D eigenvalue weighted by molar-refractivity contribution is -0.160. The van der Waals surface area contributed by atoms with E-state index in [1.807, 2.05) is 0 Å². The van der Waals surface area contributed by atoms with Gasteiger partial charge in [-0.05, 0) is 6.92 Å². The highest BCUT2D eigenvalue weighted by Crippen LogP contribution is 2.21. The third kappa shape index (κ3) is 2.68. The first-order valence-electron chi connectivity index (χ1n) is 4.72. The minimum atomic E-state index is -1.25. The van der Waals surface area contributed by atoms with Gasteiger partial charge in [-0.1, -0.05) is 0 Å². The molecule has 15 heavy (non-hydrogen) atoms. The smallest absolute Gasteiger partial charge is 0.320 e. The van der Waals surface area contributed by atoms with Gasteiger partial charge >= 0.3 is 11.9 Å². The number of esters is 1. The van der Waals surface area contributed by atoms with E-state index < -0.39 is 23.8 Å². The van der Waals surface area contributed by atoms with Gasteiger partial charge in [0.2, 0.25) is 5.91 Å². The number of hydrogen-bond donors (Lipinski definition) is 2. The van der Waals surface area contributed by atoms with Crippen LogP contribution in [0, 0.1) is 11.8 Å². The summed E-state index contributed by atoms with van der Waals surface area (Å²) in [5.74, 6) is -3.99. The van der Waals surface area contributed by atoms with Gasteiger partial charge in [-0.25, -0.2) is 0 Å². The fourth-order valence-electron chi connectivity index (χ4n) is 1.59. The Morgan fingerprint density at radius 3 is 2.73 bits per heavy atom. The Balaban J connectivity index is 2.69. The summed E-state index contributed by atoms with van der Waals surface area (Å²) < 4.78 is 4.65. The molecule has 2 N–H and O–H groups in total. The first-order valence-corrected chi connectivity index (χ1v) is 4.72.